The molecule has 4 nitrogen and oxygen atoms in total. The summed E-state index contributed by atoms with van der Waals surface area (Å²) < 4.78 is 5.41. The summed E-state index contributed by atoms with van der Waals surface area (Å²) in [6.07, 6.45) is 4.40. The minimum atomic E-state index is -0.282. The monoisotopic (exact) mass is 404 g/mol. The Hall–Kier alpha value is -3.11. The van der Waals surface area contributed by atoms with E-state index in [0.29, 0.717) is 19.7 Å². The van der Waals surface area contributed by atoms with Crippen molar-refractivity contribution in [2.45, 2.75) is 13.0 Å². The molecule has 3 aromatic rings. The molecule has 1 amide bonds. The maximum atomic E-state index is 12.3. The van der Waals surface area contributed by atoms with E-state index in [2.05, 4.69) is 17.1 Å². The van der Waals surface area contributed by atoms with Crippen molar-refractivity contribution in [3.05, 3.63) is 95.3 Å². The molecule has 0 atom stereocenters. The van der Waals surface area contributed by atoms with Crippen LogP contribution in [-0.4, -0.2) is 29.1 Å². The first-order valence-corrected chi connectivity index (χ1v) is 9.94. The van der Waals surface area contributed by atoms with Gasteiger partial charge >= 0.3 is 6.09 Å². The van der Waals surface area contributed by atoms with E-state index in [1.807, 2.05) is 66.9 Å². The van der Waals surface area contributed by atoms with Crippen LogP contribution in [0.2, 0.25) is 5.02 Å². The van der Waals surface area contributed by atoms with Crippen molar-refractivity contribution in [3.8, 4) is 11.1 Å². The zero-order chi connectivity index (χ0) is 20.1. The Kier molecular flexibility index (Phi) is 5.92. The number of nitrogens with zero attached hydrogens (tertiary/aromatic N) is 2. The van der Waals surface area contributed by atoms with Crippen molar-refractivity contribution >= 4 is 23.3 Å². The van der Waals surface area contributed by atoms with Crippen molar-refractivity contribution in [1.82, 2.24) is 9.88 Å². The molecule has 0 saturated heterocycles. The van der Waals surface area contributed by atoms with Crippen molar-refractivity contribution in [2.75, 3.05) is 13.1 Å². The number of amides is 1. The Morgan fingerprint density at radius 1 is 1.00 bits per heavy atom. The molecule has 0 fully saturated rings. The van der Waals surface area contributed by atoms with Crippen molar-refractivity contribution in [2.24, 2.45) is 0 Å². The Balaban J connectivity index is 1.35. The predicted octanol–water partition coefficient (Wildman–Crippen LogP) is 5.83. The summed E-state index contributed by atoms with van der Waals surface area (Å²) in [5.41, 5.74) is 5.21. The highest BCUT2D eigenvalue weighted by atomic mass is 35.5. The molecule has 2 aromatic carbocycles. The van der Waals surface area contributed by atoms with Crippen LogP contribution in [0.25, 0.3) is 16.7 Å². The summed E-state index contributed by atoms with van der Waals surface area (Å²) in [4.78, 5) is 18.6. The molecule has 0 aliphatic carbocycles. The maximum absolute atomic E-state index is 12.3. The smallest absolute Gasteiger partial charge is 0.410 e. The van der Waals surface area contributed by atoms with Crippen LogP contribution in [0.4, 0.5) is 4.79 Å². The summed E-state index contributed by atoms with van der Waals surface area (Å²) >= 11 is 5.95. The Bertz CT molecular complexity index is 999. The van der Waals surface area contributed by atoms with Crippen molar-refractivity contribution in [1.29, 1.82) is 0 Å². The first kappa shape index (κ1) is 19.2. The number of aromatic nitrogens is 1. The minimum absolute atomic E-state index is 0.282. The van der Waals surface area contributed by atoms with Crippen LogP contribution in [0.15, 0.2) is 79.0 Å². The number of carbonyl (C=O) groups is 1. The largest absolute Gasteiger partial charge is 0.445 e. The molecule has 29 heavy (non-hydrogen) atoms. The lowest BCUT2D eigenvalue weighted by Gasteiger charge is -2.25. The molecule has 5 heteroatoms. The van der Waals surface area contributed by atoms with Crippen LogP contribution < -0.4 is 0 Å². The van der Waals surface area contributed by atoms with Crippen LogP contribution >= 0.6 is 11.6 Å². The summed E-state index contributed by atoms with van der Waals surface area (Å²) in [6, 6.07) is 21.5. The number of hydrogen-bond donors (Lipinski definition) is 0. The van der Waals surface area contributed by atoms with Gasteiger partial charge in [-0.15, -0.1) is 0 Å². The average molecular weight is 405 g/mol. The van der Waals surface area contributed by atoms with Gasteiger partial charge in [-0.3, -0.25) is 4.98 Å². The molecule has 2 heterocycles. The number of benzene rings is 2. The van der Waals surface area contributed by atoms with Gasteiger partial charge < -0.3 is 9.64 Å². The van der Waals surface area contributed by atoms with Crippen LogP contribution in [0.5, 0.6) is 0 Å². The van der Waals surface area contributed by atoms with Gasteiger partial charge in [-0.05, 0) is 41.3 Å². The van der Waals surface area contributed by atoms with Crippen LogP contribution in [0.3, 0.4) is 0 Å². The summed E-state index contributed by atoms with van der Waals surface area (Å²) in [7, 11) is 0. The van der Waals surface area contributed by atoms with Crippen LogP contribution in [0, 0.1) is 0 Å². The first-order chi connectivity index (χ1) is 14.2. The normalized spacial score (nSPS) is 13.7. The Labute approximate surface area is 175 Å². The lowest BCUT2D eigenvalue weighted by Crippen LogP contribution is -2.35. The zero-order valence-electron chi connectivity index (χ0n) is 15.9. The second kappa shape index (κ2) is 8.93. The van der Waals surface area contributed by atoms with Gasteiger partial charge in [-0.2, -0.15) is 0 Å². The molecule has 0 saturated carbocycles. The quantitative estimate of drug-likeness (QED) is 0.549. The van der Waals surface area contributed by atoms with Gasteiger partial charge in [0.05, 0.1) is 5.69 Å². The molecule has 1 aromatic heterocycles. The van der Waals surface area contributed by atoms with E-state index < -0.39 is 0 Å². The van der Waals surface area contributed by atoms with Gasteiger partial charge in [0.15, 0.2) is 0 Å². The highest BCUT2D eigenvalue weighted by Gasteiger charge is 2.19. The lowest BCUT2D eigenvalue weighted by molar-refractivity contribution is 0.0998. The number of halogens is 1. The highest BCUT2D eigenvalue weighted by molar-refractivity contribution is 6.30. The molecule has 0 unspecified atom stereocenters. The van der Waals surface area contributed by atoms with Gasteiger partial charge in [0.2, 0.25) is 0 Å². The summed E-state index contributed by atoms with van der Waals surface area (Å²) in [5.74, 6) is 0. The molecular weight excluding hydrogens is 384 g/mol. The lowest BCUT2D eigenvalue weighted by atomic mass is 10.0. The van der Waals surface area contributed by atoms with E-state index in [0.717, 1.165) is 39.4 Å². The second-order valence-corrected chi connectivity index (χ2v) is 7.34. The molecule has 0 N–H and O–H groups in total. The van der Waals surface area contributed by atoms with Gasteiger partial charge in [0.25, 0.3) is 0 Å². The fourth-order valence-electron chi connectivity index (χ4n) is 3.28. The summed E-state index contributed by atoms with van der Waals surface area (Å²) in [5, 5.41) is 0.720. The maximum Gasteiger partial charge on any atom is 0.410 e. The first-order valence-electron chi connectivity index (χ1n) is 9.56. The van der Waals surface area contributed by atoms with Crippen LogP contribution in [0.1, 0.15) is 17.7 Å². The highest BCUT2D eigenvalue weighted by Crippen LogP contribution is 2.25. The third-order valence-electron chi connectivity index (χ3n) is 4.94. The number of rotatable bonds is 4. The van der Waals surface area contributed by atoms with Crippen molar-refractivity contribution < 1.29 is 9.53 Å². The van der Waals surface area contributed by atoms with E-state index in [1.54, 1.807) is 4.90 Å². The fourth-order valence-corrected chi connectivity index (χ4v) is 3.40. The number of pyridine rings is 1. The van der Waals surface area contributed by atoms with E-state index in [4.69, 9.17) is 16.3 Å². The molecule has 4 rings (SSSR count). The van der Waals surface area contributed by atoms with Gasteiger partial charge in [-0.1, -0.05) is 66.2 Å². The Morgan fingerprint density at radius 2 is 1.76 bits per heavy atom. The molecule has 1 aliphatic heterocycles. The molecule has 0 radical (unpaired) electrons. The van der Waals surface area contributed by atoms with Gasteiger partial charge in [0.1, 0.15) is 6.61 Å². The molecular formula is C24H21ClN2O2. The van der Waals surface area contributed by atoms with E-state index >= 15 is 0 Å². The SMILES string of the molecule is O=C(OCc1ccccc1)N1CC=C(c2ccc(-c3ccc(Cl)cc3)cn2)CC1. The van der Waals surface area contributed by atoms with Crippen LogP contribution in [-0.2, 0) is 11.3 Å². The number of ether oxygens (including phenoxy) is 1. The van der Waals surface area contributed by atoms with E-state index in [-0.39, 0.29) is 6.09 Å². The average Bonchev–Trinajstić information content (AvgIpc) is 2.79. The molecule has 1 aliphatic rings. The summed E-state index contributed by atoms with van der Waals surface area (Å²) in [6.45, 7) is 1.45. The topological polar surface area (TPSA) is 42.4 Å². The van der Waals surface area contributed by atoms with E-state index in [1.165, 1.54) is 0 Å². The fraction of sp³-hybridized carbons (Fsp3) is 0.167. The molecule has 0 spiro atoms. The third kappa shape index (κ3) is 4.84. The minimum Gasteiger partial charge on any atom is -0.445 e. The van der Waals surface area contributed by atoms with Gasteiger partial charge in [0, 0.05) is 29.9 Å². The standard InChI is InChI=1S/C24H21ClN2O2/c25-22-9-6-19(7-10-22)21-8-11-23(26-16-21)20-12-14-27(15-13-20)24(28)29-17-18-4-2-1-3-5-18/h1-12,16H,13-15,17H2. The van der Waals surface area contributed by atoms with Crippen molar-refractivity contribution in [3.63, 3.8) is 0 Å². The van der Waals surface area contributed by atoms with Gasteiger partial charge in [-0.25, -0.2) is 4.79 Å². The zero-order valence-corrected chi connectivity index (χ0v) is 16.7. The number of carbonyl (C=O) groups excluding carboxylic acids is 1. The number of hydrogen-bond acceptors (Lipinski definition) is 3. The molecule has 0 bridgehead atoms. The second-order valence-electron chi connectivity index (χ2n) is 6.90. The third-order valence-corrected chi connectivity index (χ3v) is 5.19. The molecule has 146 valence electrons. The Morgan fingerprint density at radius 3 is 2.41 bits per heavy atom. The predicted molar refractivity (Wildman–Crippen MR) is 115 cm³/mol. The van der Waals surface area contributed by atoms with E-state index in [9.17, 15) is 4.79 Å².